The van der Waals surface area contributed by atoms with E-state index in [1.165, 1.54) is 0 Å². The lowest BCUT2D eigenvalue weighted by Gasteiger charge is -2.38. The molecule has 0 radical (unpaired) electrons. The number of ether oxygens (including phenoxy) is 1. The number of benzene rings is 1. The number of hydrogen-bond donors (Lipinski definition) is 3. The number of aromatic nitrogens is 1. The predicted molar refractivity (Wildman–Crippen MR) is 93.9 cm³/mol. The second-order valence-corrected chi connectivity index (χ2v) is 7.88. The summed E-state index contributed by atoms with van der Waals surface area (Å²) in [5, 5.41) is 19.8. The van der Waals surface area contributed by atoms with Crippen LogP contribution in [0.25, 0.3) is 0 Å². The normalized spacial score (nSPS) is 24.0. The van der Waals surface area contributed by atoms with Crippen molar-refractivity contribution in [3.05, 3.63) is 44.4 Å². The standard InChI is InChI=1S/C18H23NO4S/c1-18(9-3-2-4-15(18)20)11-23-13-7-5-12(6-8-13)10-14-16(21)19-17(22)24-14/h5-8,15,20-21H,2-4,9-11H2,1H3,(H,19,22). The number of aromatic amines is 1. The van der Waals surface area contributed by atoms with Crippen molar-refractivity contribution in [2.24, 2.45) is 5.41 Å². The molecule has 1 aliphatic rings. The van der Waals surface area contributed by atoms with Gasteiger partial charge in [0.15, 0.2) is 0 Å². The van der Waals surface area contributed by atoms with Crippen LogP contribution in [0.3, 0.4) is 0 Å². The molecule has 24 heavy (non-hydrogen) atoms. The van der Waals surface area contributed by atoms with Gasteiger partial charge in [0.25, 0.3) is 0 Å². The Balaban J connectivity index is 1.60. The Labute approximate surface area is 144 Å². The van der Waals surface area contributed by atoms with Gasteiger partial charge in [0.1, 0.15) is 5.75 Å². The topological polar surface area (TPSA) is 82.6 Å². The highest BCUT2D eigenvalue weighted by Crippen LogP contribution is 2.36. The largest absolute Gasteiger partial charge is 0.494 e. The number of thiazole rings is 1. The molecule has 1 heterocycles. The summed E-state index contributed by atoms with van der Waals surface area (Å²) in [6.45, 7) is 2.59. The van der Waals surface area contributed by atoms with Gasteiger partial charge in [0.2, 0.25) is 5.88 Å². The highest BCUT2D eigenvalue weighted by molar-refractivity contribution is 7.09. The zero-order valence-corrected chi connectivity index (χ0v) is 14.6. The first kappa shape index (κ1) is 17.0. The van der Waals surface area contributed by atoms with E-state index in [4.69, 9.17) is 4.74 Å². The SMILES string of the molecule is CC1(COc2ccc(Cc3sc(=O)[nH]c3O)cc2)CCCCC1O. The molecule has 2 aromatic rings. The average molecular weight is 349 g/mol. The van der Waals surface area contributed by atoms with Crippen LogP contribution in [-0.2, 0) is 6.42 Å². The number of aromatic hydroxyl groups is 1. The lowest BCUT2D eigenvalue weighted by molar-refractivity contribution is -0.0282. The Morgan fingerprint density at radius 1 is 1.33 bits per heavy atom. The fraction of sp³-hybridized carbons (Fsp3) is 0.500. The summed E-state index contributed by atoms with van der Waals surface area (Å²) in [5.74, 6) is 0.716. The maximum atomic E-state index is 11.2. The highest BCUT2D eigenvalue weighted by Gasteiger charge is 2.36. The second kappa shape index (κ2) is 6.99. The number of aliphatic hydroxyl groups is 1. The molecule has 1 aliphatic carbocycles. The fourth-order valence-electron chi connectivity index (χ4n) is 3.16. The third kappa shape index (κ3) is 3.82. The Morgan fingerprint density at radius 2 is 2.08 bits per heavy atom. The molecule has 5 nitrogen and oxygen atoms in total. The molecule has 0 saturated heterocycles. The zero-order chi connectivity index (χ0) is 17.2. The molecule has 1 saturated carbocycles. The number of H-pyrrole nitrogens is 1. The van der Waals surface area contributed by atoms with Crippen molar-refractivity contribution < 1.29 is 14.9 Å². The van der Waals surface area contributed by atoms with Crippen LogP contribution in [0.5, 0.6) is 11.6 Å². The van der Waals surface area contributed by atoms with Crippen LogP contribution in [0, 0.1) is 5.41 Å². The smallest absolute Gasteiger partial charge is 0.307 e. The van der Waals surface area contributed by atoms with E-state index in [-0.39, 0.29) is 22.3 Å². The molecule has 1 aromatic carbocycles. The van der Waals surface area contributed by atoms with Crippen LogP contribution in [-0.4, -0.2) is 27.9 Å². The van der Waals surface area contributed by atoms with Gasteiger partial charge >= 0.3 is 4.87 Å². The van der Waals surface area contributed by atoms with Crippen molar-refractivity contribution in [1.82, 2.24) is 4.98 Å². The zero-order valence-electron chi connectivity index (χ0n) is 13.7. The summed E-state index contributed by atoms with van der Waals surface area (Å²) < 4.78 is 5.89. The van der Waals surface area contributed by atoms with Crippen molar-refractivity contribution >= 4 is 11.3 Å². The van der Waals surface area contributed by atoms with Crippen molar-refractivity contribution in [2.75, 3.05) is 6.61 Å². The third-order valence-corrected chi connectivity index (χ3v) is 5.71. The molecule has 3 rings (SSSR count). The minimum Gasteiger partial charge on any atom is -0.494 e. The Hall–Kier alpha value is -1.79. The van der Waals surface area contributed by atoms with Gasteiger partial charge in [0, 0.05) is 11.8 Å². The number of rotatable bonds is 5. The third-order valence-electron chi connectivity index (χ3n) is 4.84. The fourth-order valence-corrected chi connectivity index (χ4v) is 3.92. The van der Waals surface area contributed by atoms with Gasteiger partial charge in [-0.05, 0) is 30.5 Å². The van der Waals surface area contributed by atoms with E-state index < -0.39 is 0 Å². The quantitative estimate of drug-likeness (QED) is 0.775. The maximum Gasteiger partial charge on any atom is 0.307 e. The van der Waals surface area contributed by atoms with Crippen molar-refractivity contribution in [3.63, 3.8) is 0 Å². The van der Waals surface area contributed by atoms with E-state index in [0.29, 0.717) is 17.9 Å². The molecule has 130 valence electrons. The molecule has 0 aliphatic heterocycles. The first-order valence-electron chi connectivity index (χ1n) is 8.27. The van der Waals surface area contributed by atoms with Crippen LogP contribution >= 0.6 is 11.3 Å². The van der Waals surface area contributed by atoms with Gasteiger partial charge in [-0.2, -0.15) is 0 Å². The lowest BCUT2D eigenvalue weighted by atomic mass is 9.74. The first-order valence-corrected chi connectivity index (χ1v) is 9.09. The first-order chi connectivity index (χ1) is 11.5. The van der Waals surface area contributed by atoms with Gasteiger partial charge < -0.3 is 14.9 Å². The predicted octanol–water partition coefficient (Wildman–Crippen LogP) is 3.05. The molecule has 0 amide bonds. The number of nitrogens with one attached hydrogen (secondary N) is 1. The number of aliphatic hydroxyl groups excluding tert-OH is 1. The van der Waals surface area contributed by atoms with E-state index in [9.17, 15) is 15.0 Å². The highest BCUT2D eigenvalue weighted by atomic mass is 32.1. The van der Waals surface area contributed by atoms with Gasteiger partial charge in [-0.1, -0.05) is 43.2 Å². The van der Waals surface area contributed by atoms with E-state index in [1.807, 2.05) is 24.3 Å². The number of hydrogen-bond acceptors (Lipinski definition) is 5. The summed E-state index contributed by atoms with van der Waals surface area (Å²) in [4.78, 5) is 14.0. The Kier molecular flexibility index (Phi) is 4.96. The average Bonchev–Trinajstić information content (AvgIpc) is 2.87. The van der Waals surface area contributed by atoms with Crippen molar-refractivity contribution in [3.8, 4) is 11.6 Å². The van der Waals surface area contributed by atoms with Crippen LogP contribution < -0.4 is 9.61 Å². The monoisotopic (exact) mass is 349 g/mol. The molecule has 0 spiro atoms. The minimum atomic E-state index is -0.301. The maximum absolute atomic E-state index is 11.2. The molecule has 1 fully saturated rings. The van der Waals surface area contributed by atoms with Gasteiger partial charge in [0.05, 0.1) is 17.6 Å². The molecule has 2 atom stereocenters. The summed E-state index contributed by atoms with van der Waals surface area (Å²) in [5.41, 5.74) is 0.817. The van der Waals surface area contributed by atoms with Crippen LogP contribution in [0.2, 0.25) is 0 Å². The van der Waals surface area contributed by atoms with E-state index >= 15 is 0 Å². The molecule has 3 N–H and O–H groups in total. The summed E-state index contributed by atoms with van der Waals surface area (Å²) in [6, 6.07) is 7.64. The van der Waals surface area contributed by atoms with Crippen molar-refractivity contribution in [2.45, 2.75) is 45.1 Å². The van der Waals surface area contributed by atoms with Gasteiger partial charge in [-0.3, -0.25) is 9.78 Å². The summed E-state index contributed by atoms with van der Waals surface area (Å²) in [7, 11) is 0. The molecule has 1 aromatic heterocycles. The van der Waals surface area contributed by atoms with E-state index in [0.717, 1.165) is 48.3 Å². The summed E-state index contributed by atoms with van der Waals surface area (Å²) in [6.07, 6.45) is 4.26. The molecule has 2 unspecified atom stereocenters. The van der Waals surface area contributed by atoms with Crippen molar-refractivity contribution in [1.29, 1.82) is 0 Å². The Morgan fingerprint density at radius 3 is 2.71 bits per heavy atom. The molecular weight excluding hydrogens is 326 g/mol. The summed E-state index contributed by atoms with van der Waals surface area (Å²) >= 11 is 1.02. The van der Waals surface area contributed by atoms with Gasteiger partial charge in [-0.15, -0.1) is 0 Å². The molecular formula is C18H23NO4S. The van der Waals surface area contributed by atoms with Gasteiger partial charge in [-0.25, -0.2) is 0 Å². The van der Waals surface area contributed by atoms with Crippen LogP contribution in [0.4, 0.5) is 0 Å². The van der Waals surface area contributed by atoms with Crippen LogP contribution in [0.15, 0.2) is 29.1 Å². The van der Waals surface area contributed by atoms with Crippen LogP contribution in [0.1, 0.15) is 43.0 Å². The Bertz CT molecular complexity index is 736. The lowest BCUT2D eigenvalue weighted by Crippen LogP contribution is -2.40. The molecule has 6 heteroatoms. The van der Waals surface area contributed by atoms with E-state index in [1.54, 1.807) is 0 Å². The second-order valence-electron chi connectivity index (χ2n) is 6.81. The molecule has 0 bridgehead atoms. The van der Waals surface area contributed by atoms with E-state index in [2.05, 4.69) is 11.9 Å². The minimum absolute atomic E-state index is 0.0514.